The van der Waals surface area contributed by atoms with Gasteiger partial charge in [-0.2, -0.15) is 0 Å². The van der Waals surface area contributed by atoms with Crippen LogP contribution in [0.5, 0.6) is 0 Å². The van der Waals surface area contributed by atoms with E-state index in [9.17, 15) is 19.5 Å². The molecule has 186 valence electrons. The number of aromatic nitrogens is 1. The minimum atomic E-state index is -0.556. The van der Waals surface area contributed by atoms with E-state index in [1.165, 1.54) is 25.3 Å². The van der Waals surface area contributed by atoms with Crippen LogP contribution in [0.1, 0.15) is 63.1 Å². The second-order valence-electron chi connectivity index (χ2n) is 10.6. The van der Waals surface area contributed by atoms with Crippen molar-refractivity contribution in [1.82, 2.24) is 19.7 Å². The summed E-state index contributed by atoms with van der Waals surface area (Å²) in [6.45, 7) is 3.68. The van der Waals surface area contributed by atoms with Gasteiger partial charge in [0.2, 0.25) is 11.8 Å². The number of carbonyl (C=O) groups is 2. The molecule has 5 rings (SSSR count). The lowest BCUT2D eigenvalue weighted by Gasteiger charge is -2.40. The molecule has 2 N–H and O–H groups in total. The molecule has 1 aromatic rings. The summed E-state index contributed by atoms with van der Waals surface area (Å²) < 4.78 is 1.71. The van der Waals surface area contributed by atoms with Crippen molar-refractivity contribution in [2.75, 3.05) is 32.8 Å². The van der Waals surface area contributed by atoms with Crippen molar-refractivity contribution < 1.29 is 14.7 Å². The molecule has 2 saturated heterocycles. The van der Waals surface area contributed by atoms with Gasteiger partial charge in [-0.05, 0) is 44.8 Å². The molecule has 1 aliphatic carbocycles. The number of nitrogens with one attached hydrogen (secondary N) is 1. The number of piperidine rings is 1. The quantitative estimate of drug-likeness (QED) is 0.658. The number of fused-ring (bicyclic) bond motifs is 4. The third-order valence-corrected chi connectivity index (χ3v) is 8.61. The van der Waals surface area contributed by atoms with E-state index < -0.39 is 12.0 Å². The molecule has 3 aliphatic heterocycles. The van der Waals surface area contributed by atoms with Crippen molar-refractivity contribution >= 4 is 11.8 Å². The summed E-state index contributed by atoms with van der Waals surface area (Å²) in [6, 6.07) is 4.28. The van der Waals surface area contributed by atoms with Gasteiger partial charge in [-0.15, -0.1) is 0 Å². The Hall–Kier alpha value is -2.19. The van der Waals surface area contributed by atoms with E-state index in [1.807, 2.05) is 11.0 Å². The summed E-state index contributed by atoms with van der Waals surface area (Å²) in [5, 5.41) is 13.5. The second-order valence-corrected chi connectivity index (χ2v) is 10.6. The Morgan fingerprint density at radius 3 is 2.50 bits per heavy atom. The van der Waals surface area contributed by atoms with Crippen LogP contribution in [0.25, 0.3) is 0 Å². The molecule has 1 saturated carbocycles. The highest BCUT2D eigenvalue weighted by Gasteiger charge is 2.57. The topological polar surface area (TPSA) is 94.9 Å². The standard InChI is InChI=1S/C26H38N4O4/c31-17-19-21-16-29-20(10-7-11-22(29)32)24(30(21)26(34)18-8-3-1-4-9-18)23(19)25(33)27-12-15-28-13-5-2-6-14-28/h7,10-11,18-19,21,23-24,31H,1-6,8-9,12-17H2,(H,27,33)/t19-,21-,23+,24+/m0/s1. The molecule has 1 aromatic heterocycles. The van der Waals surface area contributed by atoms with Crippen molar-refractivity contribution in [2.24, 2.45) is 17.8 Å². The monoisotopic (exact) mass is 470 g/mol. The largest absolute Gasteiger partial charge is 0.396 e. The minimum absolute atomic E-state index is 0.0269. The van der Waals surface area contributed by atoms with Gasteiger partial charge in [0.25, 0.3) is 5.56 Å². The molecule has 8 nitrogen and oxygen atoms in total. The molecule has 4 aliphatic rings. The first-order valence-electron chi connectivity index (χ1n) is 13.2. The van der Waals surface area contributed by atoms with E-state index in [1.54, 1.807) is 10.6 Å². The van der Waals surface area contributed by atoms with Crippen molar-refractivity contribution in [3.05, 3.63) is 34.2 Å². The fourth-order valence-electron chi connectivity index (χ4n) is 6.86. The lowest BCUT2D eigenvalue weighted by molar-refractivity contribution is -0.142. The zero-order chi connectivity index (χ0) is 23.7. The maximum atomic E-state index is 13.8. The van der Waals surface area contributed by atoms with Gasteiger partial charge in [0, 0.05) is 49.8 Å². The zero-order valence-electron chi connectivity index (χ0n) is 20.0. The Morgan fingerprint density at radius 1 is 1.03 bits per heavy atom. The number of likely N-dealkylation sites (tertiary alicyclic amines) is 1. The molecule has 3 fully saturated rings. The van der Waals surface area contributed by atoms with Gasteiger partial charge < -0.3 is 24.8 Å². The van der Waals surface area contributed by atoms with E-state index in [2.05, 4.69) is 10.2 Å². The van der Waals surface area contributed by atoms with Crippen LogP contribution in [0.3, 0.4) is 0 Å². The van der Waals surface area contributed by atoms with Crippen LogP contribution in [-0.2, 0) is 16.1 Å². The molecule has 0 aromatic carbocycles. The Balaban J connectivity index is 1.41. The lowest BCUT2D eigenvalue weighted by atomic mass is 9.86. The van der Waals surface area contributed by atoms with Crippen LogP contribution in [0.4, 0.5) is 0 Å². The minimum Gasteiger partial charge on any atom is -0.396 e. The summed E-state index contributed by atoms with van der Waals surface area (Å²) in [5.74, 6) is -0.985. The third kappa shape index (κ3) is 4.31. The molecule has 0 radical (unpaired) electrons. The fourth-order valence-corrected chi connectivity index (χ4v) is 6.86. The Bertz CT molecular complexity index is 950. The average Bonchev–Trinajstić information content (AvgIpc) is 3.11. The third-order valence-electron chi connectivity index (χ3n) is 8.61. The highest BCUT2D eigenvalue weighted by Crippen LogP contribution is 2.49. The molecule has 34 heavy (non-hydrogen) atoms. The molecule has 4 atom stereocenters. The van der Waals surface area contributed by atoms with Crippen LogP contribution >= 0.6 is 0 Å². The Morgan fingerprint density at radius 2 is 1.76 bits per heavy atom. The molecule has 0 unspecified atom stereocenters. The second kappa shape index (κ2) is 10.2. The predicted molar refractivity (Wildman–Crippen MR) is 128 cm³/mol. The van der Waals surface area contributed by atoms with Gasteiger partial charge in [0.15, 0.2) is 0 Å². The zero-order valence-corrected chi connectivity index (χ0v) is 20.0. The van der Waals surface area contributed by atoms with E-state index in [0.717, 1.165) is 57.4 Å². The first kappa shape index (κ1) is 23.5. The van der Waals surface area contributed by atoms with Gasteiger partial charge in [-0.1, -0.05) is 31.7 Å². The number of nitrogens with zero attached hydrogens (tertiary/aromatic N) is 3. The first-order chi connectivity index (χ1) is 16.6. The fraction of sp³-hybridized carbons (Fsp3) is 0.731. The van der Waals surface area contributed by atoms with Crippen LogP contribution in [0.2, 0.25) is 0 Å². The van der Waals surface area contributed by atoms with Gasteiger partial charge in [0.1, 0.15) is 0 Å². The molecule has 0 spiro atoms. The molecule has 4 heterocycles. The van der Waals surface area contributed by atoms with Gasteiger partial charge in [-0.3, -0.25) is 14.4 Å². The number of carbonyl (C=O) groups excluding carboxylic acids is 2. The summed E-state index contributed by atoms with van der Waals surface area (Å²) in [7, 11) is 0. The van der Waals surface area contributed by atoms with Gasteiger partial charge >= 0.3 is 0 Å². The van der Waals surface area contributed by atoms with E-state index in [4.69, 9.17) is 0 Å². The summed E-state index contributed by atoms with van der Waals surface area (Å²) >= 11 is 0. The average molecular weight is 471 g/mol. The maximum Gasteiger partial charge on any atom is 0.250 e. The van der Waals surface area contributed by atoms with E-state index in [-0.39, 0.29) is 41.9 Å². The number of aliphatic hydroxyl groups is 1. The number of rotatable bonds is 6. The number of aliphatic hydroxyl groups excluding tert-OH is 1. The number of amides is 2. The van der Waals surface area contributed by atoms with E-state index in [0.29, 0.717) is 13.1 Å². The molecule has 2 bridgehead atoms. The van der Waals surface area contributed by atoms with Crippen LogP contribution in [0, 0.1) is 17.8 Å². The lowest BCUT2D eigenvalue weighted by Crippen LogP contribution is -2.51. The van der Waals surface area contributed by atoms with Gasteiger partial charge in [0.05, 0.1) is 18.0 Å². The highest BCUT2D eigenvalue weighted by atomic mass is 16.3. The number of hydrogen-bond donors (Lipinski definition) is 2. The van der Waals surface area contributed by atoms with Crippen LogP contribution in [-0.4, -0.2) is 70.1 Å². The number of hydrogen-bond acceptors (Lipinski definition) is 5. The number of pyridine rings is 1. The summed E-state index contributed by atoms with van der Waals surface area (Å²) in [4.78, 5) is 44.3. The smallest absolute Gasteiger partial charge is 0.250 e. The van der Waals surface area contributed by atoms with E-state index >= 15 is 0 Å². The maximum absolute atomic E-state index is 13.8. The Labute approximate surface area is 201 Å². The SMILES string of the molecule is O=C(NCCN1CCCCC1)[C@@H]1[C@@H](CO)[C@@H]2Cn3c(cccc3=O)[C@H]1N2C(=O)C1CCCCC1. The van der Waals surface area contributed by atoms with Crippen molar-refractivity contribution in [2.45, 2.75) is 70.0 Å². The molecule has 2 amide bonds. The summed E-state index contributed by atoms with van der Waals surface area (Å²) in [5.41, 5.74) is 0.611. The molecule has 8 heteroatoms. The van der Waals surface area contributed by atoms with Crippen molar-refractivity contribution in [1.29, 1.82) is 0 Å². The van der Waals surface area contributed by atoms with Crippen LogP contribution in [0.15, 0.2) is 23.0 Å². The summed E-state index contributed by atoms with van der Waals surface area (Å²) in [6.07, 6.45) is 8.72. The van der Waals surface area contributed by atoms with Crippen molar-refractivity contribution in [3.63, 3.8) is 0 Å². The van der Waals surface area contributed by atoms with Gasteiger partial charge in [-0.25, -0.2) is 0 Å². The van der Waals surface area contributed by atoms with Crippen molar-refractivity contribution in [3.8, 4) is 0 Å². The first-order valence-corrected chi connectivity index (χ1v) is 13.2. The Kier molecular flexibility index (Phi) is 7.06. The molecular weight excluding hydrogens is 432 g/mol. The predicted octanol–water partition coefficient (Wildman–Crippen LogP) is 1.52. The normalized spacial score (nSPS) is 29.6. The highest BCUT2D eigenvalue weighted by molar-refractivity contribution is 5.85. The molecular formula is C26H38N4O4. The van der Waals surface area contributed by atoms with Crippen LogP contribution < -0.4 is 10.9 Å².